The molecular formula is C19H20N2O4S. The van der Waals surface area contributed by atoms with Crippen LogP contribution < -0.4 is 5.32 Å². The number of hydrogen-bond donors (Lipinski definition) is 1. The first-order chi connectivity index (χ1) is 12.4. The van der Waals surface area contributed by atoms with E-state index in [1.54, 1.807) is 24.3 Å². The van der Waals surface area contributed by atoms with Gasteiger partial charge in [0.05, 0.1) is 5.56 Å². The minimum absolute atomic E-state index is 0.0576. The van der Waals surface area contributed by atoms with E-state index in [0.29, 0.717) is 9.99 Å². The Labute approximate surface area is 152 Å². The summed E-state index contributed by atoms with van der Waals surface area (Å²) >= 11 is 0. The van der Waals surface area contributed by atoms with Crippen molar-refractivity contribution in [2.24, 2.45) is 0 Å². The highest BCUT2D eigenvalue weighted by atomic mass is 32.2. The van der Waals surface area contributed by atoms with Crippen LogP contribution in [0.25, 0.3) is 0 Å². The van der Waals surface area contributed by atoms with Crippen molar-refractivity contribution in [3.8, 4) is 0 Å². The van der Waals surface area contributed by atoms with Gasteiger partial charge in [-0.1, -0.05) is 44.2 Å². The fraction of sp³-hybridized carbons (Fsp3) is 0.263. The smallest absolute Gasteiger partial charge is 0.269 e. The number of hydrogen-bond acceptors (Lipinski definition) is 4. The molecule has 1 aliphatic rings. The summed E-state index contributed by atoms with van der Waals surface area (Å²) in [4.78, 5) is 24.8. The third kappa shape index (κ3) is 3.10. The maximum atomic E-state index is 12.5. The zero-order valence-electron chi connectivity index (χ0n) is 14.6. The largest absolute Gasteiger partial charge is 0.324 e. The maximum Gasteiger partial charge on any atom is 0.269 e. The number of benzene rings is 2. The van der Waals surface area contributed by atoms with E-state index in [-0.39, 0.29) is 16.4 Å². The van der Waals surface area contributed by atoms with Gasteiger partial charge in [0, 0.05) is 5.69 Å². The SMILES string of the molecule is CC[C@H](C)c1ccccc1NC(=O)CN1C(=O)c2ccccc2S1(=O)=O. The fourth-order valence-corrected chi connectivity index (χ4v) is 4.49. The van der Waals surface area contributed by atoms with Crippen molar-refractivity contribution >= 4 is 27.5 Å². The van der Waals surface area contributed by atoms with Crippen LogP contribution in [0.1, 0.15) is 42.1 Å². The number of nitrogens with zero attached hydrogens (tertiary/aromatic N) is 1. The molecule has 0 fully saturated rings. The number of sulfonamides is 1. The molecule has 0 spiro atoms. The van der Waals surface area contributed by atoms with Gasteiger partial charge < -0.3 is 5.32 Å². The zero-order valence-corrected chi connectivity index (χ0v) is 15.4. The van der Waals surface area contributed by atoms with Crippen LogP contribution in [0.15, 0.2) is 53.4 Å². The number of anilines is 1. The Bertz CT molecular complexity index is 969. The van der Waals surface area contributed by atoms with Crippen molar-refractivity contribution in [3.05, 3.63) is 59.7 Å². The highest BCUT2D eigenvalue weighted by molar-refractivity contribution is 7.90. The van der Waals surface area contributed by atoms with Crippen molar-refractivity contribution in [1.29, 1.82) is 0 Å². The summed E-state index contributed by atoms with van der Waals surface area (Å²) in [7, 11) is -3.99. The highest BCUT2D eigenvalue weighted by Crippen LogP contribution is 2.30. The molecule has 2 amide bonds. The molecule has 136 valence electrons. The molecule has 3 rings (SSSR count). The molecule has 1 aliphatic heterocycles. The Hall–Kier alpha value is -2.67. The van der Waals surface area contributed by atoms with Gasteiger partial charge in [-0.15, -0.1) is 0 Å². The zero-order chi connectivity index (χ0) is 18.9. The second-order valence-electron chi connectivity index (χ2n) is 6.26. The molecule has 1 N–H and O–H groups in total. The summed E-state index contributed by atoms with van der Waals surface area (Å²) in [6, 6.07) is 13.4. The average Bonchev–Trinajstić information content (AvgIpc) is 2.83. The normalized spacial score (nSPS) is 16.2. The third-order valence-corrected chi connectivity index (χ3v) is 6.36. The number of carbonyl (C=O) groups is 2. The number of fused-ring (bicyclic) bond motifs is 1. The minimum atomic E-state index is -3.99. The number of nitrogens with one attached hydrogen (secondary N) is 1. The van der Waals surface area contributed by atoms with Gasteiger partial charge in [-0.05, 0) is 36.1 Å². The Balaban J connectivity index is 1.81. The van der Waals surface area contributed by atoms with E-state index < -0.39 is 28.4 Å². The van der Waals surface area contributed by atoms with E-state index in [9.17, 15) is 18.0 Å². The molecule has 0 bridgehead atoms. The molecule has 0 aliphatic carbocycles. The van der Waals surface area contributed by atoms with Crippen LogP contribution in [-0.2, 0) is 14.8 Å². The first-order valence-corrected chi connectivity index (χ1v) is 9.85. The van der Waals surface area contributed by atoms with Crippen molar-refractivity contribution in [3.63, 3.8) is 0 Å². The lowest BCUT2D eigenvalue weighted by Gasteiger charge is -2.18. The van der Waals surface area contributed by atoms with E-state index in [1.165, 1.54) is 12.1 Å². The fourth-order valence-electron chi connectivity index (χ4n) is 2.97. The summed E-state index contributed by atoms with van der Waals surface area (Å²) < 4.78 is 25.7. The monoisotopic (exact) mass is 372 g/mol. The Morgan fingerprint density at radius 2 is 1.77 bits per heavy atom. The molecule has 2 aromatic rings. The first kappa shape index (κ1) is 18.1. The number of rotatable bonds is 5. The minimum Gasteiger partial charge on any atom is -0.324 e. The van der Waals surface area contributed by atoms with Gasteiger partial charge in [-0.25, -0.2) is 12.7 Å². The molecule has 6 nitrogen and oxygen atoms in total. The standard InChI is InChI=1S/C19H20N2O4S/c1-3-13(2)14-8-4-6-10-16(14)20-18(22)12-21-19(23)15-9-5-7-11-17(15)26(21,24)25/h4-11,13H,3,12H2,1-2H3,(H,20,22)/t13-/m0/s1. The van der Waals surface area contributed by atoms with Crippen LogP contribution in [0.5, 0.6) is 0 Å². The molecule has 0 aromatic heterocycles. The van der Waals surface area contributed by atoms with E-state index in [1.807, 2.05) is 12.1 Å². The highest BCUT2D eigenvalue weighted by Gasteiger charge is 2.41. The maximum absolute atomic E-state index is 12.5. The van der Waals surface area contributed by atoms with Crippen molar-refractivity contribution in [1.82, 2.24) is 4.31 Å². The topological polar surface area (TPSA) is 83.6 Å². The molecule has 7 heteroatoms. The Morgan fingerprint density at radius 3 is 2.46 bits per heavy atom. The lowest BCUT2D eigenvalue weighted by molar-refractivity contribution is -0.116. The number of carbonyl (C=O) groups excluding carboxylic acids is 2. The van der Waals surface area contributed by atoms with Crippen LogP contribution in [0.3, 0.4) is 0 Å². The van der Waals surface area contributed by atoms with E-state index >= 15 is 0 Å². The summed E-state index contributed by atoms with van der Waals surface area (Å²) in [5, 5.41) is 2.74. The van der Waals surface area contributed by atoms with Gasteiger partial charge in [-0.3, -0.25) is 9.59 Å². The summed E-state index contributed by atoms with van der Waals surface area (Å²) in [5.41, 5.74) is 1.70. The molecule has 0 radical (unpaired) electrons. The van der Waals surface area contributed by atoms with Crippen molar-refractivity contribution in [2.45, 2.75) is 31.1 Å². The van der Waals surface area contributed by atoms with Gasteiger partial charge >= 0.3 is 0 Å². The van der Waals surface area contributed by atoms with Gasteiger partial charge in [0.2, 0.25) is 5.91 Å². The molecule has 1 heterocycles. The van der Waals surface area contributed by atoms with Gasteiger partial charge in [0.1, 0.15) is 11.4 Å². The second-order valence-corrected chi connectivity index (χ2v) is 8.09. The number of amides is 2. The number of para-hydroxylation sites is 1. The second kappa shape index (κ2) is 6.92. The molecule has 0 unspecified atom stereocenters. The predicted octanol–water partition coefficient (Wildman–Crippen LogP) is 2.98. The van der Waals surface area contributed by atoms with E-state index in [2.05, 4.69) is 19.2 Å². The van der Waals surface area contributed by atoms with E-state index in [4.69, 9.17) is 0 Å². The van der Waals surface area contributed by atoms with Gasteiger partial charge in [0.15, 0.2) is 0 Å². The Kier molecular flexibility index (Phi) is 4.82. The molecule has 0 saturated carbocycles. The lowest BCUT2D eigenvalue weighted by Crippen LogP contribution is -2.37. The lowest BCUT2D eigenvalue weighted by atomic mass is 9.97. The van der Waals surface area contributed by atoms with Crippen molar-refractivity contribution in [2.75, 3.05) is 11.9 Å². The van der Waals surface area contributed by atoms with Gasteiger partial charge in [0.25, 0.3) is 15.9 Å². The van der Waals surface area contributed by atoms with Gasteiger partial charge in [-0.2, -0.15) is 0 Å². The average molecular weight is 372 g/mol. The van der Waals surface area contributed by atoms with Crippen LogP contribution in [-0.4, -0.2) is 31.1 Å². The molecule has 1 atom stereocenters. The quantitative estimate of drug-likeness (QED) is 0.874. The van der Waals surface area contributed by atoms with Crippen LogP contribution in [0.2, 0.25) is 0 Å². The molecule has 2 aromatic carbocycles. The van der Waals surface area contributed by atoms with Crippen molar-refractivity contribution < 1.29 is 18.0 Å². The summed E-state index contributed by atoms with van der Waals surface area (Å²) in [5.74, 6) is -0.982. The van der Waals surface area contributed by atoms with Crippen LogP contribution in [0, 0.1) is 0 Å². The molecular weight excluding hydrogens is 352 g/mol. The molecule has 0 saturated heterocycles. The Morgan fingerprint density at radius 1 is 1.12 bits per heavy atom. The third-order valence-electron chi connectivity index (χ3n) is 4.58. The van der Waals surface area contributed by atoms with E-state index in [0.717, 1.165) is 12.0 Å². The van der Waals surface area contributed by atoms with Crippen LogP contribution >= 0.6 is 0 Å². The van der Waals surface area contributed by atoms with Crippen LogP contribution in [0.4, 0.5) is 5.69 Å². The molecule has 26 heavy (non-hydrogen) atoms. The summed E-state index contributed by atoms with van der Waals surface area (Å²) in [6.07, 6.45) is 0.904. The summed E-state index contributed by atoms with van der Waals surface area (Å²) in [6.45, 7) is 3.55. The predicted molar refractivity (Wildman–Crippen MR) is 98.4 cm³/mol. The first-order valence-electron chi connectivity index (χ1n) is 8.41.